The Morgan fingerprint density at radius 1 is 0.971 bits per heavy atom. The van der Waals surface area contributed by atoms with Gasteiger partial charge >= 0.3 is 0 Å². The first-order chi connectivity index (χ1) is 16.1. The molecule has 0 radical (unpaired) electrons. The van der Waals surface area contributed by atoms with Gasteiger partial charge in [-0.05, 0) is 36.5 Å². The summed E-state index contributed by atoms with van der Waals surface area (Å²) in [4.78, 5) is 32.1. The highest BCUT2D eigenvalue weighted by Crippen LogP contribution is 2.39. The number of piperidine rings is 1. The van der Waals surface area contributed by atoms with Crippen LogP contribution in [0.5, 0.6) is 0 Å². The maximum absolute atomic E-state index is 13.4. The minimum atomic E-state index is -0.858. The lowest BCUT2D eigenvalue weighted by Gasteiger charge is -2.38. The quantitative estimate of drug-likeness (QED) is 0.428. The number of pyridine rings is 1. The molecule has 0 bridgehead atoms. The second kappa shape index (κ2) is 9.18. The van der Waals surface area contributed by atoms with Crippen molar-refractivity contribution in [1.82, 2.24) is 15.4 Å². The van der Waals surface area contributed by atoms with Crippen molar-refractivity contribution in [3.05, 3.63) is 70.6 Å². The first-order valence-electron chi connectivity index (χ1n) is 11.8. The lowest BCUT2D eigenvalue weighted by molar-refractivity contribution is -0.146. The summed E-state index contributed by atoms with van der Waals surface area (Å²) in [7, 11) is 0. The summed E-state index contributed by atoms with van der Waals surface area (Å²) in [6, 6.07) is 12.5. The number of likely N-dealkylation sites (tertiary alicyclic amines) is 1. The third-order valence-corrected chi connectivity index (χ3v) is 6.94. The fraction of sp³-hybridized carbons (Fsp3) is 0.393. The van der Waals surface area contributed by atoms with Crippen molar-refractivity contribution in [3.63, 3.8) is 0 Å². The average molecular weight is 460 g/mol. The predicted octanol–water partition coefficient (Wildman–Crippen LogP) is 4.94. The minimum Gasteiger partial charge on any atom is -0.342 e. The molecule has 0 saturated carbocycles. The summed E-state index contributed by atoms with van der Waals surface area (Å²) in [6.45, 7) is 8.51. The minimum absolute atomic E-state index is 0.0387. The van der Waals surface area contributed by atoms with Crippen LogP contribution in [-0.4, -0.2) is 40.0 Å². The second-order valence-corrected chi connectivity index (χ2v) is 10.5. The first kappa shape index (κ1) is 23.9. The normalized spacial score (nSPS) is 16.0. The Kier molecular flexibility index (Phi) is 6.45. The maximum Gasteiger partial charge on any atom is 0.249 e. The van der Waals surface area contributed by atoms with Gasteiger partial charge in [-0.3, -0.25) is 19.8 Å². The number of nitrogens with one attached hydrogen (secondary N) is 1. The lowest BCUT2D eigenvalue weighted by Crippen LogP contribution is -2.47. The van der Waals surface area contributed by atoms with Gasteiger partial charge in [-0.25, -0.2) is 5.48 Å². The number of carbonyl (C=O) groups is 2. The number of hydrogen-bond acceptors (Lipinski definition) is 4. The number of amides is 2. The number of fused-ring (bicyclic) bond motifs is 2. The number of rotatable bonds is 4. The standard InChI is InChI=1S/C28H33N3O3/c1-27(2,25(32)30-34)18-28(3,4)26(33)31-16-13-20(14-17-31)23-22-10-6-5-8-19(22)11-12-21-9-7-15-29-24(21)23/h5-12,15,34H,13-14,16-18H2,1-4H3,(H,30,32). The van der Waals surface area contributed by atoms with Crippen LogP contribution < -0.4 is 5.48 Å². The molecular weight excluding hydrogens is 426 g/mol. The van der Waals surface area contributed by atoms with E-state index in [1.807, 2.05) is 31.0 Å². The van der Waals surface area contributed by atoms with E-state index < -0.39 is 16.7 Å². The molecule has 4 rings (SSSR count). The van der Waals surface area contributed by atoms with Crippen LogP contribution in [0.4, 0.5) is 0 Å². The zero-order valence-electron chi connectivity index (χ0n) is 20.4. The molecule has 34 heavy (non-hydrogen) atoms. The van der Waals surface area contributed by atoms with Gasteiger partial charge in [-0.2, -0.15) is 0 Å². The molecule has 2 amide bonds. The van der Waals surface area contributed by atoms with E-state index in [9.17, 15) is 9.59 Å². The van der Waals surface area contributed by atoms with Crippen molar-refractivity contribution < 1.29 is 14.8 Å². The number of benzene rings is 1. The molecular formula is C28H33N3O3. The van der Waals surface area contributed by atoms with Gasteiger partial charge in [0.1, 0.15) is 0 Å². The number of aromatic nitrogens is 1. The summed E-state index contributed by atoms with van der Waals surface area (Å²) in [6.07, 6.45) is 8.01. The van der Waals surface area contributed by atoms with Gasteiger partial charge in [0.15, 0.2) is 0 Å². The Morgan fingerprint density at radius 3 is 2.32 bits per heavy atom. The fourth-order valence-electron chi connectivity index (χ4n) is 5.37. The van der Waals surface area contributed by atoms with Gasteiger partial charge in [0.2, 0.25) is 11.8 Å². The monoisotopic (exact) mass is 459 g/mol. The smallest absolute Gasteiger partial charge is 0.249 e. The molecule has 178 valence electrons. The molecule has 0 unspecified atom stereocenters. The predicted molar refractivity (Wildman–Crippen MR) is 134 cm³/mol. The van der Waals surface area contributed by atoms with Gasteiger partial charge in [0.05, 0.1) is 5.69 Å². The molecule has 0 atom stereocenters. The zero-order chi connectivity index (χ0) is 24.5. The number of nitrogens with zero attached hydrogens (tertiary/aromatic N) is 2. The SMILES string of the molecule is CC(C)(CC(C)(C)C(=O)N1CCC(=C2c3ccccc3C=Cc3cccnc32)CC1)C(=O)NO. The molecule has 6 nitrogen and oxygen atoms in total. The Balaban J connectivity index is 1.59. The molecule has 2 aliphatic rings. The van der Waals surface area contributed by atoms with Crippen molar-refractivity contribution >= 4 is 29.5 Å². The summed E-state index contributed by atoms with van der Waals surface area (Å²) in [5, 5.41) is 9.06. The van der Waals surface area contributed by atoms with Gasteiger partial charge in [-0.1, -0.05) is 75.8 Å². The molecule has 2 N–H and O–H groups in total. The van der Waals surface area contributed by atoms with E-state index >= 15 is 0 Å². The largest absolute Gasteiger partial charge is 0.342 e. The van der Waals surface area contributed by atoms with Crippen LogP contribution in [0.1, 0.15) is 69.3 Å². The second-order valence-electron chi connectivity index (χ2n) is 10.5. The van der Waals surface area contributed by atoms with Crippen molar-refractivity contribution in [3.8, 4) is 0 Å². The van der Waals surface area contributed by atoms with Crippen LogP contribution in [0.2, 0.25) is 0 Å². The summed E-state index contributed by atoms with van der Waals surface area (Å²) < 4.78 is 0. The summed E-state index contributed by atoms with van der Waals surface area (Å²) in [5.41, 5.74) is 7.10. The Bertz CT molecular complexity index is 1120. The molecule has 0 spiro atoms. The van der Waals surface area contributed by atoms with Crippen molar-refractivity contribution in [2.75, 3.05) is 13.1 Å². The van der Waals surface area contributed by atoms with Crippen LogP contribution in [0.3, 0.4) is 0 Å². The van der Waals surface area contributed by atoms with Crippen LogP contribution in [-0.2, 0) is 9.59 Å². The van der Waals surface area contributed by atoms with E-state index in [2.05, 4.69) is 42.5 Å². The molecule has 1 aliphatic carbocycles. The van der Waals surface area contributed by atoms with Gasteiger partial charge < -0.3 is 4.90 Å². The van der Waals surface area contributed by atoms with Crippen molar-refractivity contribution in [2.24, 2.45) is 10.8 Å². The number of hydrogen-bond donors (Lipinski definition) is 2. The van der Waals surface area contributed by atoms with Crippen LogP contribution in [0.15, 0.2) is 48.2 Å². The van der Waals surface area contributed by atoms with Crippen molar-refractivity contribution in [1.29, 1.82) is 0 Å². The van der Waals surface area contributed by atoms with E-state index in [-0.39, 0.29) is 5.91 Å². The highest BCUT2D eigenvalue weighted by Gasteiger charge is 2.41. The zero-order valence-corrected chi connectivity index (χ0v) is 20.4. The van der Waals surface area contributed by atoms with E-state index in [1.54, 1.807) is 19.3 Å². The van der Waals surface area contributed by atoms with Gasteiger partial charge in [-0.15, -0.1) is 0 Å². The molecule has 2 aromatic rings. The highest BCUT2D eigenvalue weighted by molar-refractivity contribution is 5.94. The Labute approximate surface area is 201 Å². The Morgan fingerprint density at radius 2 is 1.62 bits per heavy atom. The van der Waals surface area contributed by atoms with Gasteiger partial charge in [0, 0.05) is 41.3 Å². The molecule has 1 saturated heterocycles. The fourth-order valence-corrected chi connectivity index (χ4v) is 5.37. The van der Waals surface area contributed by atoms with E-state index in [1.165, 1.54) is 22.3 Å². The number of carbonyl (C=O) groups excluding carboxylic acids is 2. The Hall–Kier alpha value is -3.25. The highest BCUT2D eigenvalue weighted by atomic mass is 16.5. The van der Waals surface area contributed by atoms with E-state index in [0.717, 1.165) is 24.1 Å². The lowest BCUT2D eigenvalue weighted by atomic mass is 9.73. The van der Waals surface area contributed by atoms with Gasteiger partial charge in [0.25, 0.3) is 0 Å². The average Bonchev–Trinajstić information content (AvgIpc) is 2.99. The summed E-state index contributed by atoms with van der Waals surface area (Å²) in [5.74, 6) is -0.442. The third-order valence-electron chi connectivity index (χ3n) is 6.94. The number of hydroxylamine groups is 1. The van der Waals surface area contributed by atoms with E-state index in [4.69, 9.17) is 10.2 Å². The van der Waals surface area contributed by atoms with Crippen molar-refractivity contribution in [2.45, 2.75) is 47.0 Å². The maximum atomic E-state index is 13.4. The molecule has 1 aromatic heterocycles. The van der Waals surface area contributed by atoms with Crippen LogP contribution in [0, 0.1) is 10.8 Å². The molecule has 1 fully saturated rings. The molecule has 1 aromatic carbocycles. The molecule has 6 heteroatoms. The first-order valence-corrected chi connectivity index (χ1v) is 11.8. The molecule has 2 heterocycles. The third kappa shape index (κ3) is 4.55. The van der Waals surface area contributed by atoms with Crippen LogP contribution >= 0.6 is 0 Å². The summed E-state index contributed by atoms with van der Waals surface area (Å²) >= 11 is 0. The van der Waals surface area contributed by atoms with E-state index in [0.29, 0.717) is 19.5 Å². The van der Waals surface area contributed by atoms with Crippen LogP contribution in [0.25, 0.3) is 17.7 Å². The molecule has 1 aliphatic heterocycles. The topological polar surface area (TPSA) is 82.5 Å².